The lowest BCUT2D eigenvalue weighted by Gasteiger charge is -2.42. The van der Waals surface area contributed by atoms with Gasteiger partial charge in [-0.05, 0) is 43.4 Å². The van der Waals surface area contributed by atoms with E-state index in [1.807, 2.05) is 26.0 Å². The number of likely N-dealkylation sites (tertiary alicyclic amines) is 1. The first-order valence-corrected chi connectivity index (χ1v) is 10.2. The van der Waals surface area contributed by atoms with Crippen LogP contribution in [-0.2, 0) is 19.1 Å². The monoisotopic (exact) mass is 409 g/mol. The molecule has 1 amide bonds. The molecule has 2 rings (SSSR count). The number of carbonyl (C=O) groups is 3. The molecule has 1 aromatic carbocycles. The summed E-state index contributed by atoms with van der Waals surface area (Å²) in [4.78, 5) is 38.6. The predicted molar refractivity (Wildman–Crippen MR) is 106 cm³/mol. The van der Waals surface area contributed by atoms with Crippen molar-refractivity contribution in [3.8, 4) is 0 Å². The zero-order valence-electron chi connectivity index (χ0n) is 16.4. The molecule has 28 heavy (non-hydrogen) atoms. The van der Waals surface area contributed by atoms with E-state index in [0.717, 1.165) is 18.4 Å². The Morgan fingerprint density at radius 2 is 1.93 bits per heavy atom. The molecular formula is C21H28ClNO5. The minimum atomic E-state index is -1.01. The first-order chi connectivity index (χ1) is 13.4. The number of esters is 1. The normalized spacial score (nSPS) is 20.7. The van der Waals surface area contributed by atoms with E-state index in [-0.39, 0.29) is 18.4 Å². The third-order valence-corrected chi connectivity index (χ3v) is 5.39. The summed E-state index contributed by atoms with van der Waals surface area (Å²) in [5, 5.41) is 9.74. The van der Waals surface area contributed by atoms with Gasteiger partial charge in [0, 0.05) is 10.9 Å². The van der Waals surface area contributed by atoms with Gasteiger partial charge in [0.1, 0.15) is 6.04 Å². The van der Waals surface area contributed by atoms with Crippen molar-refractivity contribution >= 4 is 29.4 Å². The summed E-state index contributed by atoms with van der Waals surface area (Å²) >= 11 is 5.99. The van der Waals surface area contributed by atoms with E-state index < -0.39 is 23.9 Å². The molecule has 1 aliphatic rings. The molecule has 3 unspecified atom stereocenters. The Morgan fingerprint density at radius 1 is 1.25 bits per heavy atom. The van der Waals surface area contributed by atoms with E-state index >= 15 is 0 Å². The van der Waals surface area contributed by atoms with Crippen LogP contribution in [-0.4, -0.2) is 40.5 Å². The molecule has 1 N–H and O–H groups in total. The largest absolute Gasteiger partial charge is 0.481 e. The maximum Gasteiger partial charge on any atom is 0.328 e. The number of hydrogen-bond acceptors (Lipinski definition) is 4. The van der Waals surface area contributed by atoms with Crippen LogP contribution in [0.3, 0.4) is 0 Å². The quantitative estimate of drug-likeness (QED) is 0.487. The van der Waals surface area contributed by atoms with E-state index in [4.69, 9.17) is 21.4 Å². The van der Waals surface area contributed by atoms with Crippen LogP contribution >= 0.6 is 11.6 Å². The van der Waals surface area contributed by atoms with Crippen LogP contribution in [0.15, 0.2) is 24.3 Å². The van der Waals surface area contributed by atoms with Crippen LogP contribution in [0.25, 0.3) is 0 Å². The van der Waals surface area contributed by atoms with Crippen LogP contribution in [0.5, 0.6) is 0 Å². The van der Waals surface area contributed by atoms with E-state index in [0.29, 0.717) is 30.9 Å². The number of nitrogens with zero attached hydrogens (tertiary/aromatic N) is 1. The molecule has 6 nitrogen and oxygen atoms in total. The Kier molecular flexibility index (Phi) is 8.30. The lowest BCUT2D eigenvalue weighted by molar-refractivity contribution is -0.163. The van der Waals surface area contributed by atoms with Crippen molar-refractivity contribution in [2.24, 2.45) is 5.92 Å². The molecular weight excluding hydrogens is 382 g/mol. The number of benzene rings is 1. The molecule has 0 aromatic heterocycles. The van der Waals surface area contributed by atoms with Crippen molar-refractivity contribution in [3.63, 3.8) is 0 Å². The fraction of sp³-hybridized carbons (Fsp3) is 0.571. The number of hydrogen-bond donors (Lipinski definition) is 1. The lowest BCUT2D eigenvalue weighted by atomic mass is 9.85. The molecule has 1 saturated heterocycles. The second-order valence-electron chi connectivity index (χ2n) is 7.13. The standard InChI is InChI=1S/C21H28ClNO5/c1-3-5-12-28-21(27)17(4-2)23-18(14-6-9-16(22)10-7-14)11-8-15(20(23)26)13-19(24)25/h6-7,9-10,15,17-18H,3-5,8,11-13H2,1-2H3,(H,24,25). The van der Waals surface area contributed by atoms with Crippen LogP contribution in [0, 0.1) is 5.92 Å². The Morgan fingerprint density at radius 3 is 2.50 bits per heavy atom. The zero-order chi connectivity index (χ0) is 20.7. The highest BCUT2D eigenvalue weighted by molar-refractivity contribution is 6.30. The van der Waals surface area contributed by atoms with Crippen molar-refractivity contribution < 1.29 is 24.2 Å². The van der Waals surface area contributed by atoms with Gasteiger partial charge in [-0.2, -0.15) is 0 Å². The number of amides is 1. The van der Waals surface area contributed by atoms with Crippen molar-refractivity contribution in [1.29, 1.82) is 0 Å². The summed E-state index contributed by atoms with van der Waals surface area (Å²) in [5.74, 6) is -2.37. The number of ether oxygens (including phenoxy) is 1. The van der Waals surface area contributed by atoms with Gasteiger partial charge >= 0.3 is 11.9 Å². The molecule has 0 aliphatic carbocycles. The Bertz CT molecular complexity index is 691. The van der Waals surface area contributed by atoms with Gasteiger partial charge in [-0.25, -0.2) is 4.79 Å². The molecule has 1 heterocycles. The molecule has 0 spiro atoms. The minimum Gasteiger partial charge on any atom is -0.481 e. The molecule has 3 atom stereocenters. The SMILES string of the molecule is CCCCOC(=O)C(CC)N1C(=O)C(CC(=O)O)CCC1c1ccc(Cl)cc1. The van der Waals surface area contributed by atoms with Crippen molar-refractivity contribution in [2.75, 3.05) is 6.61 Å². The smallest absolute Gasteiger partial charge is 0.328 e. The summed E-state index contributed by atoms with van der Waals surface area (Å²) in [7, 11) is 0. The minimum absolute atomic E-state index is 0.232. The molecule has 0 bridgehead atoms. The number of rotatable bonds is 9. The highest BCUT2D eigenvalue weighted by atomic mass is 35.5. The van der Waals surface area contributed by atoms with E-state index in [1.54, 1.807) is 17.0 Å². The number of carbonyl (C=O) groups excluding carboxylic acids is 2. The average Bonchev–Trinajstić information content (AvgIpc) is 2.66. The van der Waals surface area contributed by atoms with E-state index in [1.165, 1.54) is 0 Å². The zero-order valence-corrected chi connectivity index (χ0v) is 17.2. The second kappa shape index (κ2) is 10.5. The van der Waals surface area contributed by atoms with Gasteiger partial charge in [0.15, 0.2) is 0 Å². The number of unbranched alkanes of at least 4 members (excludes halogenated alkanes) is 1. The van der Waals surface area contributed by atoms with Gasteiger partial charge < -0.3 is 14.7 Å². The second-order valence-corrected chi connectivity index (χ2v) is 7.57. The first-order valence-electron chi connectivity index (χ1n) is 9.85. The van der Waals surface area contributed by atoms with Crippen LogP contribution in [0.4, 0.5) is 0 Å². The van der Waals surface area contributed by atoms with Gasteiger partial charge in [-0.3, -0.25) is 9.59 Å². The van der Waals surface area contributed by atoms with Crippen molar-refractivity contribution in [1.82, 2.24) is 4.90 Å². The third-order valence-electron chi connectivity index (χ3n) is 5.14. The summed E-state index contributed by atoms with van der Waals surface area (Å²) < 4.78 is 5.39. The summed E-state index contributed by atoms with van der Waals surface area (Å²) in [6, 6.07) is 6.16. The topological polar surface area (TPSA) is 83.9 Å². The Balaban J connectivity index is 2.32. The molecule has 1 aliphatic heterocycles. The van der Waals surface area contributed by atoms with Crippen molar-refractivity contribution in [2.45, 2.75) is 64.5 Å². The summed E-state index contributed by atoms with van der Waals surface area (Å²) in [6.07, 6.45) is 2.89. The number of carboxylic acids is 1. The van der Waals surface area contributed by atoms with E-state index in [2.05, 4.69) is 0 Å². The molecule has 1 fully saturated rings. The van der Waals surface area contributed by atoms with Gasteiger partial charge in [0.25, 0.3) is 0 Å². The Hall–Kier alpha value is -2.08. The van der Waals surface area contributed by atoms with Crippen molar-refractivity contribution in [3.05, 3.63) is 34.9 Å². The molecule has 7 heteroatoms. The fourth-order valence-electron chi connectivity index (χ4n) is 3.66. The van der Waals surface area contributed by atoms with Gasteiger partial charge in [0.05, 0.1) is 19.1 Å². The predicted octanol–water partition coefficient (Wildman–Crippen LogP) is 4.22. The maximum absolute atomic E-state index is 13.2. The molecule has 0 saturated carbocycles. The summed E-state index contributed by atoms with van der Waals surface area (Å²) in [6.45, 7) is 4.16. The number of piperidine rings is 1. The number of carboxylic acid groups (broad SMARTS) is 1. The molecule has 154 valence electrons. The highest BCUT2D eigenvalue weighted by Crippen LogP contribution is 2.38. The van der Waals surface area contributed by atoms with Crippen LogP contribution < -0.4 is 0 Å². The fourth-order valence-corrected chi connectivity index (χ4v) is 3.79. The van der Waals surface area contributed by atoms with Gasteiger partial charge in [0.2, 0.25) is 5.91 Å². The number of aliphatic carboxylic acids is 1. The summed E-state index contributed by atoms with van der Waals surface area (Å²) in [5.41, 5.74) is 0.881. The van der Waals surface area contributed by atoms with E-state index in [9.17, 15) is 14.4 Å². The van der Waals surface area contributed by atoms with Crippen LogP contribution in [0.1, 0.15) is 64.0 Å². The Labute approximate surface area is 170 Å². The molecule has 1 aromatic rings. The highest BCUT2D eigenvalue weighted by Gasteiger charge is 2.42. The number of halogens is 1. The molecule has 0 radical (unpaired) electrons. The van der Waals surface area contributed by atoms with Gasteiger partial charge in [-0.1, -0.05) is 44.0 Å². The van der Waals surface area contributed by atoms with Gasteiger partial charge in [-0.15, -0.1) is 0 Å². The maximum atomic E-state index is 13.2. The third kappa shape index (κ3) is 5.47. The first kappa shape index (κ1) is 22.2. The lowest BCUT2D eigenvalue weighted by Crippen LogP contribution is -2.52. The average molecular weight is 410 g/mol. The van der Waals surface area contributed by atoms with Crippen LogP contribution in [0.2, 0.25) is 5.02 Å².